The van der Waals surface area contributed by atoms with E-state index in [0.717, 1.165) is 17.1 Å². The van der Waals surface area contributed by atoms with Gasteiger partial charge in [-0.25, -0.2) is 14.4 Å². The first-order chi connectivity index (χ1) is 12.9. The van der Waals surface area contributed by atoms with E-state index in [4.69, 9.17) is 11.6 Å². The Morgan fingerprint density at radius 2 is 2.00 bits per heavy atom. The summed E-state index contributed by atoms with van der Waals surface area (Å²) in [6.45, 7) is 1.87. The van der Waals surface area contributed by atoms with E-state index in [0.29, 0.717) is 17.6 Å². The van der Waals surface area contributed by atoms with Crippen LogP contribution in [0.15, 0.2) is 36.8 Å². The Balaban J connectivity index is 1.66. The van der Waals surface area contributed by atoms with Gasteiger partial charge in [0, 0.05) is 17.5 Å². The zero-order valence-electron chi connectivity index (χ0n) is 14.5. The highest BCUT2D eigenvalue weighted by Crippen LogP contribution is 2.43. The fourth-order valence-corrected chi connectivity index (χ4v) is 4.06. The van der Waals surface area contributed by atoms with Gasteiger partial charge in [0.1, 0.15) is 23.9 Å². The van der Waals surface area contributed by atoms with Crippen molar-refractivity contribution in [1.82, 2.24) is 14.5 Å². The minimum Gasteiger partial charge on any atom is -0.390 e. The number of aliphatic hydroxyl groups is 3. The van der Waals surface area contributed by atoms with Crippen LogP contribution in [0.25, 0.3) is 11.0 Å². The molecule has 0 amide bonds. The first-order valence-corrected chi connectivity index (χ1v) is 9.03. The van der Waals surface area contributed by atoms with E-state index in [1.54, 1.807) is 10.8 Å². The largest absolute Gasteiger partial charge is 0.390 e. The Morgan fingerprint density at radius 1 is 1.22 bits per heavy atom. The fraction of sp³-hybridized carbons (Fsp3) is 0.368. The molecule has 2 heterocycles. The molecule has 142 valence electrons. The summed E-state index contributed by atoms with van der Waals surface area (Å²) in [4.78, 5) is 8.44. The van der Waals surface area contributed by atoms with Gasteiger partial charge in [-0.1, -0.05) is 17.7 Å². The molecule has 1 unspecified atom stereocenters. The van der Waals surface area contributed by atoms with Gasteiger partial charge in [0.15, 0.2) is 0 Å². The molecule has 5 atom stereocenters. The number of aryl methyl sites for hydroxylation is 1. The molecule has 0 bridgehead atoms. The smallest absolute Gasteiger partial charge is 0.143 e. The Hall–Kier alpha value is -2.06. The third-order valence-electron chi connectivity index (χ3n) is 5.45. The minimum atomic E-state index is -1.16. The number of hydrogen-bond acceptors (Lipinski definition) is 5. The number of aliphatic hydroxyl groups excluding tert-OH is 3. The summed E-state index contributed by atoms with van der Waals surface area (Å²) in [5.74, 6) is -1.30. The highest BCUT2D eigenvalue weighted by molar-refractivity contribution is 6.30. The summed E-state index contributed by atoms with van der Waals surface area (Å²) in [6, 6.07) is 5.43. The molecule has 0 radical (unpaired) electrons. The Labute approximate surface area is 159 Å². The number of halogens is 2. The van der Waals surface area contributed by atoms with Crippen LogP contribution >= 0.6 is 11.6 Å². The van der Waals surface area contributed by atoms with Gasteiger partial charge in [-0.05, 0) is 37.1 Å². The molecular formula is C19H19ClFN3O3. The summed E-state index contributed by atoms with van der Waals surface area (Å²) in [5, 5.41) is 32.6. The first-order valence-electron chi connectivity index (χ1n) is 8.65. The van der Waals surface area contributed by atoms with Crippen LogP contribution in [0.3, 0.4) is 0 Å². The maximum atomic E-state index is 13.7. The summed E-state index contributed by atoms with van der Waals surface area (Å²) in [5.41, 5.74) is 1.79. The maximum Gasteiger partial charge on any atom is 0.143 e. The van der Waals surface area contributed by atoms with Gasteiger partial charge in [-0.3, -0.25) is 0 Å². The van der Waals surface area contributed by atoms with Gasteiger partial charge in [-0.2, -0.15) is 0 Å². The SMILES string of the molecule is Cc1ncnc2c1ccn2C1C[C@H]([C@H](O)c2ccc(Cl)c(F)c2)[C@@H](O)[C@H]1O. The lowest BCUT2D eigenvalue weighted by Crippen LogP contribution is -2.31. The zero-order chi connectivity index (χ0) is 19.3. The van der Waals surface area contributed by atoms with Crippen LogP contribution in [0.1, 0.15) is 29.8 Å². The molecule has 1 saturated carbocycles. The maximum absolute atomic E-state index is 13.7. The lowest BCUT2D eigenvalue weighted by atomic mass is 9.92. The van der Waals surface area contributed by atoms with E-state index in [2.05, 4.69) is 9.97 Å². The Kier molecular flexibility index (Phi) is 4.63. The number of benzene rings is 1. The van der Waals surface area contributed by atoms with E-state index >= 15 is 0 Å². The molecule has 8 heteroatoms. The lowest BCUT2D eigenvalue weighted by molar-refractivity contribution is -0.0265. The van der Waals surface area contributed by atoms with E-state index in [9.17, 15) is 19.7 Å². The molecule has 2 aromatic heterocycles. The van der Waals surface area contributed by atoms with Gasteiger partial charge in [-0.15, -0.1) is 0 Å². The molecule has 1 fully saturated rings. The van der Waals surface area contributed by atoms with Gasteiger partial charge in [0.2, 0.25) is 0 Å². The van der Waals surface area contributed by atoms with Crippen molar-refractivity contribution >= 4 is 22.6 Å². The van der Waals surface area contributed by atoms with Crippen molar-refractivity contribution in [1.29, 1.82) is 0 Å². The van der Waals surface area contributed by atoms with E-state index < -0.39 is 36.1 Å². The van der Waals surface area contributed by atoms with Crippen molar-refractivity contribution in [3.05, 3.63) is 58.9 Å². The normalized spacial score (nSPS) is 26.6. The molecule has 3 N–H and O–H groups in total. The van der Waals surface area contributed by atoms with Crippen LogP contribution in [0.4, 0.5) is 4.39 Å². The summed E-state index contributed by atoms with van der Waals surface area (Å²) in [7, 11) is 0. The molecule has 0 spiro atoms. The Morgan fingerprint density at radius 3 is 2.74 bits per heavy atom. The zero-order valence-corrected chi connectivity index (χ0v) is 15.3. The van der Waals surface area contributed by atoms with Crippen molar-refractivity contribution in [2.75, 3.05) is 0 Å². The number of aromatic nitrogens is 3. The van der Waals surface area contributed by atoms with Crippen LogP contribution in [0.5, 0.6) is 0 Å². The second-order valence-corrected chi connectivity index (χ2v) is 7.39. The van der Waals surface area contributed by atoms with Crippen LogP contribution in [-0.4, -0.2) is 42.1 Å². The second-order valence-electron chi connectivity index (χ2n) is 6.99. The third-order valence-corrected chi connectivity index (χ3v) is 5.76. The fourth-order valence-electron chi connectivity index (χ4n) is 3.94. The molecule has 1 aromatic carbocycles. The van der Waals surface area contributed by atoms with Crippen molar-refractivity contribution in [3.8, 4) is 0 Å². The van der Waals surface area contributed by atoms with Crippen molar-refractivity contribution in [2.24, 2.45) is 5.92 Å². The number of hydrogen-bond donors (Lipinski definition) is 3. The van der Waals surface area contributed by atoms with Crippen molar-refractivity contribution in [3.63, 3.8) is 0 Å². The standard InChI is InChI=1S/C19H19ClFN3O3/c1-9-11-4-5-24(19(11)23-8-22-9)15-7-12(17(26)18(15)27)16(25)10-2-3-13(20)14(21)6-10/h2-6,8,12,15-18,25-27H,7H2,1H3/t12-,15?,16-,17-,18+/m1/s1. The van der Waals surface area contributed by atoms with Gasteiger partial charge in [0.05, 0.1) is 29.0 Å². The van der Waals surface area contributed by atoms with Crippen LogP contribution in [0.2, 0.25) is 5.02 Å². The van der Waals surface area contributed by atoms with Crippen molar-refractivity contribution in [2.45, 2.75) is 37.7 Å². The predicted molar refractivity (Wildman–Crippen MR) is 97.8 cm³/mol. The highest BCUT2D eigenvalue weighted by Gasteiger charge is 2.46. The second kappa shape index (κ2) is 6.83. The van der Waals surface area contributed by atoms with Gasteiger partial charge in [0.25, 0.3) is 0 Å². The first kappa shape index (κ1) is 18.3. The average molecular weight is 392 g/mol. The van der Waals surface area contributed by atoms with E-state index in [1.165, 1.54) is 18.5 Å². The number of rotatable bonds is 3. The summed E-state index contributed by atoms with van der Waals surface area (Å²) < 4.78 is 15.5. The molecule has 1 aliphatic rings. The van der Waals surface area contributed by atoms with E-state index in [1.807, 2.05) is 13.0 Å². The molecule has 27 heavy (non-hydrogen) atoms. The molecule has 0 saturated heterocycles. The molecular weight excluding hydrogens is 373 g/mol. The third kappa shape index (κ3) is 3.00. The van der Waals surface area contributed by atoms with Gasteiger partial charge >= 0.3 is 0 Å². The summed E-state index contributed by atoms with van der Waals surface area (Å²) in [6.07, 6.45) is 0.167. The van der Waals surface area contributed by atoms with E-state index in [-0.39, 0.29) is 5.02 Å². The monoisotopic (exact) mass is 391 g/mol. The van der Waals surface area contributed by atoms with Crippen LogP contribution in [-0.2, 0) is 0 Å². The van der Waals surface area contributed by atoms with Crippen molar-refractivity contribution < 1.29 is 19.7 Å². The minimum absolute atomic E-state index is 0.0373. The molecule has 0 aliphatic heterocycles. The Bertz CT molecular complexity index is 995. The van der Waals surface area contributed by atoms with Crippen LogP contribution in [0, 0.1) is 18.7 Å². The predicted octanol–water partition coefficient (Wildman–Crippen LogP) is 2.55. The molecule has 3 aromatic rings. The highest BCUT2D eigenvalue weighted by atomic mass is 35.5. The quantitative estimate of drug-likeness (QED) is 0.638. The lowest BCUT2D eigenvalue weighted by Gasteiger charge is -2.22. The summed E-state index contributed by atoms with van der Waals surface area (Å²) >= 11 is 5.69. The number of nitrogens with zero attached hydrogens (tertiary/aromatic N) is 3. The molecule has 6 nitrogen and oxygen atoms in total. The number of fused-ring (bicyclic) bond motifs is 1. The van der Waals surface area contributed by atoms with Crippen LogP contribution < -0.4 is 0 Å². The molecule has 4 rings (SSSR count). The topological polar surface area (TPSA) is 91.4 Å². The average Bonchev–Trinajstić information content (AvgIpc) is 3.20. The molecule has 1 aliphatic carbocycles. The van der Waals surface area contributed by atoms with Gasteiger partial charge < -0.3 is 19.9 Å².